The lowest BCUT2D eigenvalue weighted by Crippen LogP contribution is -2.01. The van der Waals surface area contributed by atoms with Crippen molar-refractivity contribution in [2.24, 2.45) is 5.73 Å². The molecule has 2 N–H and O–H groups in total. The molecule has 2 heterocycles. The SMILES string of the molecule is Cc1cc(/C(N)=C(/C#N)c2ccncc2)c(C)o1. The van der Waals surface area contributed by atoms with Crippen LogP contribution in [0, 0.1) is 25.2 Å². The highest BCUT2D eigenvalue weighted by Gasteiger charge is 2.13. The van der Waals surface area contributed by atoms with Gasteiger partial charge in [0.25, 0.3) is 0 Å². The van der Waals surface area contributed by atoms with Crippen LogP contribution in [0.4, 0.5) is 0 Å². The summed E-state index contributed by atoms with van der Waals surface area (Å²) < 4.78 is 5.43. The second-order valence-electron chi connectivity index (χ2n) is 3.96. The first-order valence-corrected chi connectivity index (χ1v) is 5.51. The lowest BCUT2D eigenvalue weighted by molar-refractivity contribution is 0.504. The Morgan fingerprint density at radius 2 is 2.00 bits per heavy atom. The number of allylic oxidation sites excluding steroid dienone is 1. The van der Waals surface area contributed by atoms with Crippen molar-refractivity contribution in [3.63, 3.8) is 0 Å². The van der Waals surface area contributed by atoms with Gasteiger partial charge >= 0.3 is 0 Å². The van der Waals surface area contributed by atoms with Crippen LogP contribution in [0.5, 0.6) is 0 Å². The lowest BCUT2D eigenvalue weighted by atomic mass is 10.0. The molecule has 0 radical (unpaired) electrons. The van der Waals surface area contributed by atoms with Crippen molar-refractivity contribution < 1.29 is 4.42 Å². The van der Waals surface area contributed by atoms with Gasteiger partial charge in [0.05, 0.1) is 11.3 Å². The average Bonchev–Trinajstić information content (AvgIpc) is 2.70. The second-order valence-corrected chi connectivity index (χ2v) is 3.96. The summed E-state index contributed by atoms with van der Waals surface area (Å²) in [6.45, 7) is 3.68. The van der Waals surface area contributed by atoms with E-state index in [2.05, 4.69) is 11.1 Å². The fourth-order valence-electron chi connectivity index (χ4n) is 1.83. The fourth-order valence-corrected chi connectivity index (χ4v) is 1.83. The molecule has 0 aliphatic heterocycles. The molecule has 0 atom stereocenters. The van der Waals surface area contributed by atoms with Gasteiger partial charge in [-0.25, -0.2) is 0 Å². The Bertz CT molecular complexity index is 633. The average molecular weight is 239 g/mol. The molecule has 0 saturated heterocycles. The highest BCUT2D eigenvalue weighted by atomic mass is 16.3. The van der Waals surface area contributed by atoms with Crippen molar-refractivity contribution in [3.05, 3.63) is 53.2 Å². The summed E-state index contributed by atoms with van der Waals surface area (Å²) in [6, 6.07) is 7.49. The number of aromatic nitrogens is 1. The molecule has 2 rings (SSSR count). The Morgan fingerprint density at radius 1 is 1.33 bits per heavy atom. The molecule has 0 bridgehead atoms. The molecule has 4 nitrogen and oxygen atoms in total. The number of hydrogen-bond donors (Lipinski definition) is 1. The van der Waals surface area contributed by atoms with Crippen LogP contribution >= 0.6 is 0 Å². The Balaban J connectivity index is 2.58. The number of aryl methyl sites for hydroxylation is 2. The van der Waals surface area contributed by atoms with Gasteiger partial charge in [-0.1, -0.05) is 0 Å². The molecule has 0 aliphatic rings. The van der Waals surface area contributed by atoms with Crippen molar-refractivity contribution in [3.8, 4) is 6.07 Å². The molecule has 0 aromatic carbocycles. The summed E-state index contributed by atoms with van der Waals surface area (Å²) in [4.78, 5) is 3.92. The Morgan fingerprint density at radius 3 is 2.50 bits per heavy atom. The van der Waals surface area contributed by atoms with Gasteiger partial charge in [-0.2, -0.15) is 5.26 Å². The topological polar surface area (TPSA) is 75.8 Å². The van der Waals surface area contributed by atoms with Crippen LogP contribution < -0.4 is 5.73 Å². The first-order chi connectivity index (χ1) is 8.63. The van der Waals surface area contributed by atoms with Crippen LogP contribution in [0.15, 0.2) is 35.0 Å². The molecule has 2 aromatic rings. The number of furan rings is 1. The summed E-state index contributed by atoms with van der Waals surface area (Å²) >= 11 is 0. The molecule has 0 spiro atoms. The molecular weight excluding hydrogens is 226 g/mol. The Labute approximate surface area is 105 Å². The van der Waals surface area contributed by atoms with Crippen molar-refractivity contribution in [1.82, 2.24) is 4.98 Å². The highest BCUT2D eigenvalue weighted by Crippen LogP contribution is 2.26. The van der Waals surface area contributed by atoms with E-state index >= 15 is 0 Å². The number of pyridine rings is 1. The number of nitrogens with two attached hydrogens (primary N) is 1. The van der Waals surface area contributed by atoms with Crippen LogP contribution in [0.2, 0.25) is 0 Å². The minimum atomic E-state index is 0.429. The molecule has 18 heavy (non-hydrogen) atoms. The molecule has 90 valence electrons. The van der Waals surface area contributed by atoms with Gasteiger partial charge in [-0.15, -0.1) is 0 Å². The van der Waals surface area contributed by atoms with Crippen LogP contribution in [-0.2, 0) is 0 Å². The first-order valence-electron chi connectivity index (χ1n) is 5.51. The van der Waals surface area contributed by atoms with E-state index in [-0.39, 0.29) is 0 Å². The number of hydrogen-bond acceptors (Lipinski definition) is 4. The summed E-state index contributed by atoms with van der Waals surface area (Å²) in [7, 11) is 0. The number of nitrogens with zero attached hydrogens (tertiary/aromatic N) is 2. The molecule has 0 amide bonds. The lowest BCUT2D eigenvalue weighted by Gasteiger charge is -2.04. The van der Waals surface area contributed by atoms with E-state index in [4.69, 9.17) is 10.2 Å². The van der Waals surface area contributed by atoms with E-state index in [1.54, 1.807) is 24.5 Å². The van der Waals surface area contributed by atoms with E-state index in [9.17, 15) is 5.26 Å². The van der Waals surface area contributed by atoms with E-state index < -0.39 is 0 Å². The summed E-state index contributed by atoms with van der Waals surface area (Å²) in [5.41, 5.74) is 8.45. The van der Waals surface area contributed by atoms with Crippen molar-refractivity contribution >= 4 is 11.3 Å². The normalized spacial score (nSPS) is 11.8. The third kappa shape index (κ3) is 2.11. The van der Waals surface area contributed by atoms with Crippen LogP contribution in [0.3, 0.4) is 0 Å². The van der Waals surface area contributed by atoms with E-state index in [1.165, 1.54) is 0 Å². The molecule has 0 saturated carbocycles. The van der Waals surface area contributed by atoms with Crippen molar-refractivity contribution in [1.29, 1.82) is 5.26 Å². The monoisotopic (exact) mass is 239 g/mol. The highest BCUT2D eigenvalue weighted by molar-refractivity contribution is 5.96. The summed E-state index contributed by atoms with van der Waals surface area (Å²) in [6.07, 6.45) is 3.26. The van der Waals surface area contributed by atoms with Gasteiger partial charge in [0.2, 0.25) is 0 Å². The van der Waals surface area contributed by atoms with Gasteiger partial charge in [-0.05, 0) is 37.6 Å². The zero-order valence-corrected chi connectivity index (χ0v) is 10.3. The smallest absolute Gasteiger partial charge is 0.110 e. The zero-order valence-electron chi connectivity index (χ0n) is 10.3. The maximum absolute atomic E-state index is 9.27. The van der Waals surface area contributed by atoms with Crippen LogP contribution in [0.1, 0.15) is 22.6 Å². The molecule has 4 heteroatoms. The summed E-state index contributed by atoms with van der Waals surface area (Å²) in [5, 5.41) is 9.27. The quantitative estimate of drug-likeness (QED) is 0.817. The van der Waals surface area contributed by atoms with Gasteiger partial charge in [0, 0.05) is 18.0 Å². The first kappa shape index (κ1) is 11.9. The maximum atomic E-state index is 9.27. The van der Waals surface area contributed by atoms with Gasteiger partial charge in [0.15, 0.2) is 0 Å². The number of nitriles is 1. The predicted molar refractivity (Wildman–Crippen MR) is 69.0 cm³/mol. The van der Waals surface area contributed by atoms with E-state index in [1.807, 2.05) is 19.9 Å². The van der Waals surface area contributed by atoms with Crippen molar-refractivity contribution in [2.75, 3.05) is 0 Å². The zero-order chi connectivity index (χ0) is 13.1. The summed E-state index contributed by atoms with van der Waals surface area (Å²) in [5.74, 6) is 1.49. The molecule has 2 aromatic heterocycles. The standard InChI is InChI=1S/C14H13N3O/c1-9-7-12(10(2)18-9)14(16)13(8-15)11-3-5-17-6-4-11/h3-7H,16H2,1-2H3/b14-13+. The maximum Gasteiger partial charge on any atom is 0.110 e. The number of rotatable bonds is 2. The van der Waals surface area contributed by atoms with Crippen LogP contribution in [0.25, 0.3) is 11.3 Å². The molecule has 0 unspecified atom stereocenters. The predicted octanol–water partition coefficient (Wildman–Crippen LogP) is 2.64. The largest absolute Gasteiger partial charge is 0.466 e. The minimum absolute atomic E-state index is 0.429. The van der Waals surface area contributed by atoms with Gasteiger partial charge in [0.1, 0.15) is 17.6 Å². The Hall–Kier alpha value is -2.54. The third-order valence-electron chi connectivity index (χ3n) is 2.68. The van der Waals surface area contributed by atoms with E-state index in [0.717, 1.165) is 16.9 Å². The minimum Gasteiger partial charge on any atom is -0.466 e. The molecular formula is C14H13N3O. The molecule has 0 fully saturated rings. The van der Waals surface area contributed by atoms with Gasteiger partial charge < -0.3 is 10.2 Å². The van der Waals surface area contributed by atoms with Crippen molar-refractivity contribution in [2.45, 2.75) is 13.8 Å². The van der Waals surface area contributed by atoms with E-state index in [0.29, 0.717) is 17.0 Å². The third-order valence-corrected chi connectivity index (χ3v) is 2.68. The Kier molecular flexibility index (Phi) is 3.16. The van der Waals surface area contributed by atoms with Gasteiger partial charge in [-0.3, -0.25) is 4.98 Å². The molecule has 0 aliphatic carbocycles. The van der Waals surface area contributed by atoms with Crippen LogP contribution in [-0.4, -0.2) is 4.98 Å². The second kappa shape index (κ2) is 4.76. The fraction of sp³-hybridized carbons (Fsp3) is 0.143.